The van der Waals surface area contributed by atoms with Crippen LogP contribution in [0.25, 0.3) is 17.1 Å². The van der Waals surface area contributed by atoms with Crippen molar-refractivity contribution in [3.8, 4) is 17.1 Å². The lowest BCUT2D eigenvalue weighted by Crippen LogP contribution is -2.00. The van der Waals surface area contributed by atoms with Gasteiger partial charge in [0.1, 0.15) is 0 Å². The first kappa shape index (κ1) is 17.8. The molecular weight excluding hydrogens is 376 g/mol. The van der Waals surface area contributed by atoms with E-state index < -0.39 is 0 Å². The molecule has 0 spiro atoms. The van der Waals surface area contributed by atoms with Gasteiger partial charge in [0.15, 0.2) is 11.0 Å². The first-order valence-corrected chi connectivity index (χ1v) is 9.87. The first-order valence-electron chi connectivity index (χ1n) is 8.51. The fourth-order valence-corrected chi connectivity index (χ4v) is 3.93. The number of aromatic nitrogens is 4. The summed E-state index contributed by atoms with van der Waals surface area (Å²) >= 11 is 7.75. The maximum absolute atomic E-state index is 6.11. The van der Waals surface area contributed by atoms with Gasteiger partial charge in [-0.15, -0.1) is 10.2 Å². The van der Waals surface area contributed by atoms with Gasteiger partial charge in [-0.3, -0.25) is 9.55 Å². The highest BCUT2D eigenvalue weighted by Crippen LogP contribution is 2.30. The van der Waals surface area contributed by atoms with Gasteiger partial charge in [0.25, 0.3) is 0 Å². The van der Waals surface area contributed by atoms with Crippen LogP contribution in [0.3, 0.4) is 0 Å². The van der Waals surface area contributed by atoms with E-state index in [-0.39, 0.29) is 0 Å². The molecule has 6 heteroatoms. The van der Waals surface area contributed by atoms with Gasteiger partial charge in [-0.25, -0.2) is 0 Å². The molecule has 134 valence electrons. The highest BCUT2D eigenvalue weighted by Gasteiger charge is 2.16. The average Bonchev–Trinajstić information content (AvgIpc) is 3.11. The van der Waals surface area contributed by atoms with Crippen LogP contribution in [0.2, 0.25) is 5.02 Å². The molecule has 0 bridgehead atoms. The molecule has 2 heterocycles. The minimum absolute atomic E-state index is 0.741. The molecule has 0 amide bonds. The Morgan fingerprint density at radius 1 is 0.963 bits per heavy atom. The zero-order chi connectivity index (χ0) is 18.6. The maximum atomic E-state index is 6.11. The molecule has 0 aliphatic carbocycles. The summed E-state index contributed by atoms with van der Waals surface area (Å²) in [7, 11) is 0. The summed E-state index contributed by atoms with van der Waals surface area (Å²) in [4.78, 5) is 4.10. The maximum Gasteiger partial charge on any atom is 0.196 e. The van der Waals surface area contributed by atoms with E-state index in [4.69, 9.17) is 11.6 Å². The molecule has 2 aromatic heterocycles. The van der Waals surface area contributed by atoms with Crippen molar-refractivity contribution in [2.45, 2.75) is 17.8 Å². The van der Waals surface area contributed by atoms with Crippen molar-refractivity contribution in [3.63, 3.8) is 0 Å². The molecule has 0 aliphatic rings. The summed E-state index contributed by atoms with van der Waals surface area (Å²) in [5.41, 5.74) is 4.36. The second-order valence-electron chi connectivity index (χ2n) is 6.14. The molecule has 0 atom stereocenters. The van der Waals surface area contributed by atoms with Crippen LogP contribution in [0.15, 0.2) is 78.2 Å². The van der Waals surface area contributed by atoms with Crippen LogP contribution in [-0.4, -0.2) is 19.7 Å². The van der Waals surface area contributed by atoms with Crippen molar-refractivity contribution in [1.29, 1.82) is 0 Å². The smallest absolute Gasteiger partial charge is 0.196 e. The Labute approximate surface area is 167 Å². The first-order chi connectivity index (χ1) is 13.2. The molecule has 4 aromatic rings. The predicted molar refractivity (Wildman–Crippen MR) is 110 cm³/mol. The van der Waals surface area contributed by atoms with Crippen LogP contribution >= 0.6 is 23.4 Å². The molecule has 0 N–H and O–H groups in total. The SMILES string of the molecule is Cc1cccc(-n2c(SCc3cccc(Cl)c3)nnc2-c2ccncc2)c1. The molecule has 0 saturated heterocycles. The van der Waals surface area contributed by atoms with Crippen LogP contribution in [0, 0.1) is 6.92 Å². The number of rotatable bonds is 5. The molecule has 2 aromatic carbocycles. The number of hydrogen-bond donors (Lipinski definition) is 0. The molecule has 4 rings (SSSR count). The Morgan fingerprint density at radius 3 is 2.56 bits per heavy atom. The van der Waals surface area contributed by atoms with E-state index in [9.17, 15) is 0 Å². The van der Waals surface area contributed by atoms with Gasteiger partial charge in [-0.2, -0.15) is 0 Å². The van der Waals surface area contributed by atoms with Crippen molar-refractivity contribution < 1.29 is 0 Å². The summed E-state index contributed by atoms with van der Waals surface area (Å²) in [5, 5.41) is 10.5. The van der Waals surface area contributed by atoms with Crippen molar-refractivity contribution in [3.05, 3.63) is 89.2 Å². The van der Waals surface area contributed by atoms with E-state index in [1.807, 2.05) is 36.4 Å². The molecule has 0 saturated carbocycles. The van der Waals surface area contributed by atoms with Gasteiger partial charge in [-0.1, -0.05) is 47.6 Å². The normalized spacial score (nSPS) is 10.9. The van der Waals surface area contributed by atoms with E-state index in [0.29, 0.717) is 0 Å². The third-order valence-electron chi connectivity index (χ3n) is 4.09. The molecule has 0 fully saturated rings. The number of halogens is 1. The summed E-state index contributed by atoms with van der Waals surface area (Å²) in [6.07, 6.45) is 3.53. The minimum Gasteiger partial charge on any atom is -0.270 e. The van der Waals surface area contributed by atoms with Crippen molar-refractivity contribution in [2.24, 2.45) is 0 Å². The number of pyridine rings is 1. The quantitative estimate of drug-likeness (QED) is 0.415. The second-order valence-corrected chi connectivity index (χ2v) is 7.51. The molecule has 0 aliphatic heterocycles. The zero-order valence-corrected chi connectivity index (χ0v) is 16.3. The Balaban J connectivity index is 1.74. The fraction of sp³-hybridized carbons (Fsp3) is 0.0952. The van der Waals surface area contributed by atoms with Gasteiger partial charge in [-0.05, 0) is 54.4 Å². The summed E-state index contributed by atoms with van der Waals surface area (Å²) < 4.78 is 2.09. The van der Waals surface area contributed by atoms with Gasteiger partial charge in [0, 0.05) is 34.4 Å². The van der Waals surface area contributed by atoms with Crippen LogP contribution in [0.1, 0.15) is 11.1 Å². The van der Waals surface area contributed by atoms with Crippen LogP contribution in [-0.2, 0) is 5.75 Å². The van der Waals surface area contributed by atoms with E-state index in [0.717, 1.165) is 38.6 Å². The van der Waals surface area contributed by atoms with E-state index in [1.165, 1.54) is 5.56 Å². The number of thioether (sulfide) groups is 1. The second kappa shape index (κ2) is 7.94. The zero-order valence-electron chi connectivity index (χ0n) is 14.7. The molecule has 0 unspecified atom stereocenters. The highest BCUT2D eigenvalue weighted by atomic mass is 35.5. The number of benzene rings is 2. The Kier molecular flexibility index (Phi) is 5.23. The van der Waals surface area contributed by atoms with Gasteiger partial charge >= 0.3 is 0 Å². The van der Waals surface area contributed by atoms with E-state index >= 15 is 0 Å². The lowest BCUT2D eigenvalue weighted by molar-refractivity contribution is 0.885. The Bertz CT molecular complexity index is 1060. The topological polar surface area (TPSA) is 43.6 Å². The van der Waals surface area contributed by atoms with Gasteiger partial charge < -0.3 is 0 Å². The van der Waals surface area contributed by atoms with Crippen LogP contribution < -0.4 is 0 Å². The third kappa shape index (κ3) is 4.04. The number of aryl methyl sites for hydroxylation is 1. The molecule has 0 radical (unpaired) electrons. The third-order valence-corrected chi connectivity index (χ3v) is 5.32. The van der Waals surface area contributed by atoms with Crippen LogP contribution in [0.5, 0.6) is 0 Å². The summed E-state index contributed by atoms with van der Waals surface area (Å²) in [5.74, 6) is 1.57. The van der Waals surface area contributed by atoms with Crippen molar-refractivity contribution >= 4 is 23.4 Å². The Hall–Kier alpha value is -2.63. The lowest BCUT2D eigenvalue weighted by atomic mass is 10.2. The number of nitrogens with zero attached hydrogens (tertiary/aromatic N) is 4. The monoisotopic (exact) mass is 392 g/mol. The largest absolute Gasteiger partial charge is 0.270 e. The minimum atomic E-state index is 0.741. The van der Waals surface area contributed by atoms with Crippen molar-refractivity contribution in [1.82, 2.24) is 19.7 Å². The molecule has 4 nitrogen and oxygen atoms in total. The van der Waals surface area contributed by atoms with E-state index in [1.54, 1.807) is 24.2 Å². The predicted octanol–water partition coefficient (Wildman–Crippen LogP) is 5.58. The highest BCUT2D eigenvalue weighted by molar-refractivity contribution is 7.98. The van der Waals surface area contributed by atoms with Gasteiger partial charge in [0.2, 0.25) is 0 Å². The molecular formula is C21H17ClN4S. The van der Waals surface area contributed by atoms with E-state index in [2.05, 4.69) is 50.9 Å². The molecule has 27 heavy (non-hydrogen) atoms. The average molecular weight is 393 g/mol. The number of hydrogen-bond acceptors (Lipinski definition) is 4. The Morgan fingerprint density at radius 2 is 1.78 bits per heavy atom. The van der Waals surface area contributed by atoms with Gasteiger partial charge in [0.05, 0.1) is 0 Å². The standard InChI is InChI=1S/C21H17ClN4S/c1-15-4-2-7-19(12-15)26-20(17-8-10-23-11-9-17)24-25-21(26)27-14-16-5-3-6-18(22)13-16/h2-13H,14H2,1H3. The lowest BCUT2D eigenvalue weighted by Gasteiger charge is -2.11. The van der Waals surface area contributed by atoms with Crippen LogP contribution in [0.4, 0.5) is 0 Å². The van der Waals surface area contributed by atoms with Crippen molar-refractivity contribution in [2.75, 3.05) is 0 Å². The summed E-state index contributed by atoms with van der Waals surface area (Å²) in [6.45, 7) is 2.08. The fourth-order valence-electron chi connectivity index (χ4n) is 2.83. The summed E-state index contributed by atoms with van der Waals surface area (Å²) in [6, 6.07) is 20.1.